The number of aliphatic imine (C=N–C) groups is 1. The number of nitrogens with one attached hydrogen (secondary N) is 2. The molecule has 1 aliphatic heterocycles. The van der Waals surface area contributed by atoms with Gasteiger partial charge in [-0.1, -0.05) is 18.1 Å². The summed E-state index contributed by atoms with van der Waals surface area (Å²) in [6, 6.07) is 4.01. The van der Waals surface area contributed by atoms with Crippen LogP contribution in [0.3, 0.4) is 0 Å². The second kappa shape index (κ2) is 10.2. The van der Waals surface area contributed by atoms with Crippen molar-refractivity contribution in [1.29, 1.82) is 0 Å². The first-order valence-corrected chi connectivity index (χ1v) is 9.49. The molecule has 1 aromatic carbocycles. The largest absolute Gasteiger partial charge is 0.365 e. The predicted molar refractivity (Wildman–Crippen MR) is 121 cm³/mol. The highest BCUT2D eigenvalue weighted by atomic mass is 127. The van der Waals surface area contributed by atoms with E-state index in [-0.39, 0.29) is 41.6 Å². The molecule has 29 heavy (non-hydrogen) atoms. The molecule has 0 bridgehead atoms. The topological polar surface area (TPSA) is 65.7 Å². The maximum atomic E-state index is 14.0. The molecule has 6 nitrogen and oxygen atoms in total. The Balaban J connectivity index is 0.00000300. The quantitative estimate of drug-likeness (QED) is 0.358. The standard InChI is InChI=1S/C20H27F2N5O.HI/c1-12(18-13(2)26-28-14(18)3)10-24-20(23-4)25-15-8-9-27(11-15)19-16(21)6-5-7-17(19)22;/h5-7,12,15H,8-11H2,1-4H3,(H2,23,24,25);1H. The Hall–Kier alpha value is -1.91. The smallest absolute Gasteiger partial charge is 0.191 e. The van der Waals surface area contributed by atoms with Gasteiger partial charge in [0, 0.05) is 44.2 Å². The van der Waals surface area contributed by atoms with Crippen molar-refractivity contribution in [1.82, 2.24) is 15.8 Å². The molecular weight excluding hydrogens is 491 g/mol. The molecule has 9 heteroatoms. The zero-order valence-corrected chi connectivity index (χ0v) is 19.5. The van der Waals surface area contributed by atoms with Crippen molar-refractivity contribution in [2.75, 3.05) is 31.6 Å². The molecule has 1 saturated heterocycles. The number of rotatable bonds is 5. The van der Waals surface area contributed by atoms with Gasteiger partial charge in [-0.2, -0.15) is 0 Å². The number of guanidine groups is 1. The van der Waals surface area contributed by atoms with Crippen molar-refractivity contribution < 1.29 is 13.3 Å². The van der Waals surface area contributed by atoms with Crippen molar-refractivity contribution in [3.8, 4) is 0 Å². The van der Waals surface area contributed by atoms with Crippen LogP contribution in [0.1, 0.15) is 36.3 Å². The van der Waals surface area contributed by atoms with Gasteiger partial charge < -0.3 is 20.1 Å². The fourth-order valence-corrected chi connectivity index (χ4v) is 3.81. The van der Waals surface area contributed by atoms with E-state index in [9.17, 15) is 8.78 Å². The van der Waals surface area contributed by atoms with E-state index in [4.69, 9.17) is 4.52 Å². The number of para-hydroxylation sites is 1. The van der Waals surface area contributed by atoms with Gasteiger partial charge in [-0.05, 0) is 32.4 Å². The van der Waals surface area contributed by atoms with Crippen molar-refractivity contribution >= 4 is 35.6 Å². The second-order valence-electron chi connectivity index (χ2n) is 7.24. The lowest BCUT2D eigenvalue weighted by Crippen LogP contribution is -2.45. The number of aryl methyl sites for hydroxylation is 2. The summed E-state index contributed by atoms with van der Waals surface area (Å²) in [7, 11) is 1.71. The summed E-state index contributed by atoms with van der Waals surface area (Å²) in [5.74, 6) is 0.637. The molecule has 0 saturated carbocycles. The average molecular weight is 519 g/mol. The Morgan fingerprint density at radius 2 is 2.03 bits per heavy atom. The van der Waals surface area contributed by atoms with Crippen LogP contribution in [0.4, 0.5) is 14.5 Å². The molecule has 1 fully saturated rings. The first-order valence-electron chi connectivity index (χ1n) is 9.49. The molecule has 2 heterocycles. The van der Waals surface area contributed by atoms with E-state index in [2.05, 4.69) is 27.7 Å². The van der Waals surface area contributed by atoms with Gasteiger partial charge in [0.05, 0.1) is 5.69 Å². The van der Waals surface area contributed by atoms with Crippen molar-refractivity contribution in [3.63, 3.8) is 0 Å². The number of hydrogen-bond acceptors (Lipinski definition) is 4. The van der Waals surface area contributed by atoms with Crippen molar-refractivity contribution in [2.45, 2.75) is 39.2 Å². The summed E-state index contributed by atoms with van der Waals surface area (Å²) in [5, 5.41) is 10.7. The van der Waals surface area contributed by atoms with Crippen LogP contribution in [0.15, 0.2) is 27.7 Å². The van der Waals surface area contributed by atoms with Crippen LogP contribution >= 0.6 is 24.0 Å². The van der Waals surface area contributed by atoms with Crippen LogP contribution < -0.4 is 15.5 Å². The minimum atomic E-state index is -0.531. The second-order valence-corrected chi connectivity index (χ2v) is 7.24. The fraction of sp³-hybridized carbons (Fsp3) is 0.500. The summed E-state index contributed by atoms with van der Waals surface area (Å²) in [6.45, 7) is 7.71. The van der Waals surface area contributed by atoms with Crippen molar-refractivity contribution in [2.24, 2.45) is 4.99 Å². The maximum Gasteiger partial charge on any atom is 0.191 e. The molecule has 2 N–H and O–H groups in total. The minimum Gasteiger partial charge on any atom is -0.365 e. The van der Waals surface area contributed by atoms with Crippen LogP contribution in [0, 0.1) is 25.5 Å². The molecule has 1 aromatic heterocycles. The first-order chi connectivity index (χ1) is 13.4. The first kappa shape index (κ1) is 23.4. The molecule has 0 amide bonds. The van der Waals surface area contributed by atoms with Gasteiger partial charge >= 0.3 is 0 Å². The Kier molecular flexibility index (Phi) is 8.23. The zero-order chi connectivity index (χ0) is 20.3. The summed E-state index contributed by atoms with van der Waals surface area (Å²) in [6.07, 6.45) is 0.772. The lowest BCUT2D eigenvalue weighted by atomic mass is 10.00. The molecule has 3 rings (SSSR count). The lowest BCUT2D eigenvalue weighted by molar-refractivity contribution is 0.391. The predicted octanol–water partition coefficient (Wildman–Crippen LogP) is 3.74. The Morgan fingerprint density at radius 1 is 1.34 bits per heavy atom. The number of aromatic nitrogens is 1. The SMILES string of the molecule is CN=C(NCC(C)c1c(C)noc1C)NC1CCN(c2c(F)cccc2F)C1.I. The highest BCUT2D eigenvalue weighted by Gasteiger charge is 2.27. The van der Waals surface area contributed by atoms with Crippen LogP contribution in [0.25, 0.3) is 0 Å². The van der Waals surface area contributed by atoms with Gasteiger partial charge in [0.2, 0.25) is 0 Å². The highest BCUT2D eigenvalue weighted by Crippen LogP contribution is 2.27. The van der Waals surface area contributed by atoms with E-state index >= 15 is 0 Å². The van der Waals surface area contributed by atoms with Gasteiger partial charge in [-0.3, -0.25) is 4.99 Å². The van der Waals surface area contributed by atoms with Crippen LogP contribution in [0.2, 0.25) is 0 Å². The Bertz CT molecular complexity index is 818. The molecule has 0 spiro atoms. The Morgan fingerprint density at radius 3 is 2.62 bits per heavy atom. The van der Waals surface area contributed by atoms with E-state index in [0.717, 1.165) is 23.4 Å². The van der Waals surface area contributed by atoms with E-state index in [1.807, 2.05) is 13.8 Å². The van der Waals surface area contributed by atoms with Gasteiger partial charge in [0.15, 0.2) is 5.96 Å². The molecule has 0 aliphatic carbocycles. The third-order valence-electron chi connectivity index (χ3n) is 5.16. The minimum absolute atomic E-state index is 0. The highest BCUT2D eigenvalue weighted by molar-refractivity contribution is 14.0. The summed E-state index contributed by atoms with van der Waals surface area (Å²) >= 11 is 0. The van der Waals surface area contributed by atoms with Gasteiger partial charge in [-0.25, -0.2) is 8.78 Å². The van der Waals surface area contributed by atoms with Crippen LogP contribution in [-0.4, -0.2) is 43.8 Å². The van der Waals surface area contributed by atoms with Gasteiger partial charge in [0.1, 0.15) is 23.1 Å². The molecule has 2 unspecified atom stereocenters. The fourth-order valence-electron chi connectivity index (χ4n) is 3.81. The molecule has 2 atom stereocenters. The molecule has 160 valence electrons. The van der Waals surface area contributed by atoms with E-state index < -0.39 is 11.6 Å². The van der Waals surface area contributed by atoms with Gasteiger partial charge in [0.25, 0.3) is 0 Å². The number of anilines is 1. The van der Waals surface area contributed by atoms with Crippen LogP contribution in [-0.2, 0) is 0 Å². The van der Waals surface area contributed by atoms with Gasteiger partial charge in [-0.15, -0.1) is 24.0 Å². The van der Waals surface area contributed by atoms with E-state index in [0.29, 0.717) is 25.6 Å². The molecular formula is C20H28F2IN5O. The van der Waals surface area contributed by atoms with E-state index in [1.54, 1.807) is 11.9 Å². The normalized spacial score (nSPS) is 17.8. The summed E-state index contributed by atoms with van der Waals surface area (Å²) in [5.41, 5.74) is 2.04. The van der Waals surface area contributed by atoms with E-state index in [1.165, 1.54) is 18.2 Å². The van der Waals surface area contributed by atoms with Crippen molar-refractivity contribution in [3.05, 3.63) is 46.9 Å². The maximum absolute atomic E-state index is 14.0. The monoisotopic (exact) mass is 519 g/mol. The summed E-state index contributed by atoms with van der Waals surface area (Å²) in [4.78, 5) is 6.01. The molecule has 0 radical (unpaired) electrons. The third-order valence-corrected chi connectivity index (χ3v) is 5.16. The third kappa shape index (κ3) is 5.37. The number of halogens is 3. The zero-order valence-electron chi connectivity index (χ0n) is 17.1. The number of nitrogens with zero attached hydrogens (tertiary/aromatic N) is 3. The molecule has 1 aliphatic rings. The van der Waals surface area contributed by atoms with Crippen LogP contribution in [0.5, 0.6) is 0 Å². The lowest BCUT2D eigenvalue weighted by Gasteiger charge is -2.22. The molecule has 2 aromatic rings. The average Bonchev–Trinajstić information content (AvgIpc) is 3.24. The summed E-state index contributed by atoms with van der Waals surface area (Å²) < 4.78 is 33.3. The number of hydrogen-bond donors (Lipinski definition) is 2. The number of benzene rings is 1. The Labute approximate surface area is 187 Å².